The lowest BCUT2D eigenvalue weighted by Crippen LogP contribution is -1.92. The first-order valence-electron chi connectivity index (χ1n) is 4.65. The molecule has 0 heterocycles. The van der Waals surface area contributed by atoms with E-state index in [1.54, 1.807) is 0 Å². The van der Waals surface area contributed by atoms with Crippen LogP contribution in [0.4, 0.5) is 0 Å². The highest BCUT2D eigenvalue weighted by Gasteiger charge is 2.52. The Morgan fingerprint density at radius 2 is 1.67 bits per heavy atom. The molecule has 2 rings (SSSR count). The molecule has 0 radical (unpaired) electrons. The van der Waals surface area contributed by atoms with Gasteiger partial charge in [0.05, 0.1) is 0 Å². The molecule has 12 heavy (non-hydrogen) atoms. The molecule has 0 bridgehead atoms. The van der Waals surface area contributed by atoms with Gasteiger partial charge in [-0.05, 0) is 49.1 Å². The summed E-state index contributed by atoms with van der Waals surface area (Å²) in [5.74, 6) is 1.42. The van der Waals surface area contributed by atoms with Gasteiger partial charge in [0.2, 0.25) is 5.24 Å². The molecule has 1 nitrogen and oxygen atoms in total. The Morgan fingerprint density at radius 3 is 2.08 bits per heavy atom. The number of halogens is 1. The van der Waals surface area contributed by atoms with E-state index in [9.17, 15) is 4.79 Å². The van der Waals surface area contributed by atoms with Gasteiger partial charge in [0.25, 0.3) is 0 Å². The average molecular weight is 185 g/mol. The lowest BCUT2D eigenvalue weighted by molar-refractivity contribution is -0.113. The number of carbonyl (C=O) groups excluding carboxylic acids is 1. The van der Waals surface area contributed by atoms with Crippen molar-refractivity contribution in [2.75, 3.05) is 0 Å². The zero-order chi connectivity index (χ0) is 8.55. The van der Waals surface area contributed by atoms with Crippen LogP contribution in [0.25, 0.3) is 0 Å². The molecule has 0 N–H and O–H groups in total. The second kappa shape index (κ2) is 3.21. The van der Waals surface area contributed by atoms with Crippen molar-refractivity contribution in [3.05, 3.63) is 12.2 Å². The molecule has 1 fully saturated rings. The predicted molar refractivity (Wildman–Crippen MR) is 48.9 cm³/mol. The summed E-state index contributed by atoms with van der Waals surface area (Å²) in [5, 5.41) is -0.105. The summed E-state index contributed by atoms with van der Waals surface area (Å²) < 4.78 is 0. The van der Waals surface area contributed by atoms with E-state index in [2.05, 4.69) is 12.2 Å². The lowest BCUT2D eigenvalue weighted by Gasteiger charge is -1.99. The number of allylic oxidation sites excluding steroid dienone is 2. The topological polar surface area (TPSA) is 17.1 Å². The van der Waals surface area contributed by atoms with Gasteiger partial charge in [0.15, 0.2) is 0 Å². The smallest absolute Gasteiger partial charge is 0.225 e. The van der Waals surface area contributed by atoms with Crippen LogP contribution in [0, 0.1) is 17.8 Å². The van der Waals surface area contributed by atoms with Gasteiger partial charge >= 0.3 is 0 Å². The Balaban J connectivity index is 1.98. The number of fused-ring (bicyclic) bond motifs is 1. The summed E-state index contributed by atoms with van der Waals surface area (Å²) >= 11 is 5.50. The number of carbonyl (C=O) groups is 1. The SMILES string of the molecule is O=C(Cl)C1C2CC/C=C\CCC21. The van der Waals surface area contributed by atoms with Crippen LogP contribution in [0.2, 0.25) is 0 Å². The first kappa shape index (κ1) is 8.31. The second-order valence-electron chi connectivity index (χ2n) is 3.78. The fourth-order valence-corrected chi connectivity index (χ4v) is 2.71. The molecular weight excluding hydrogens is 172 g/mol. The Kier molecular flexibility index (Phi) is 2.22. The Morgan fingerprint density at radius 1 is 1.17 bits per heavy atom. The van der Waals surface area contributed by atoms with Crippen molar-refractivity contribution in [3.63, 3.8) is 0 Å². The van der Waals surface area contributed by atoms with E-state index in [1.165, 1.54) is 0 Å². The summed E-state index contributed by atoms with van der Waals surface area (Å²) in [4.78, 5) is 10.9. The minimum absolute atomic E-state index is 0.105. The summed E-state index contributed by atoms with van der Waals surface area (Å²) in [6, 6.07) is 0. The van der Waals surface area contributed by atoms with Crippen LogP contribution in [-0.4, -0.2) is 5.24 Å². The van der Waals surface area contributed by atoms with E-state index in [0.717, 1.165) is 25.7 Å². The van der Waals surface area contributed by atoms with E-state index in [-0.39, 0.29) is 11.2 Å². The molecule has 0 saturated heterocycles. The fraction of sp³-hybridized carbons (Fsp3) is 0.700. The van der Waals surface area contributed by atoms with Crippen molar-refractivity contribution >= 4 is 16.8 Å². The van der Waals surface area contributed by atoms with E-state index in [1.807, 2.05) is 0 Å². The van der Waals surface area contributed by atoms with Crippen LogP contribution < -0.4 is 0 Å². The normalized spacial score (nSPS) is 42.2. The molecule has 0 spiro atoms. The van der Waals surface area contributed by atoms with Crippen molar-refractivity contribution < 1.29 is 4.79 Å². The largest absolute Gasteiger partial charge is 0.281 e. The van der Waals surface area contributed by atoms with Crippen LogP contribution in [-0.2, 0) is 4.79 Å². The van der Waals surface area contributed by atoms with Crippen molar-refractivity contribution in [2.45, 2.75) is 25.7 Å². The Labute approximate surface area is 77.8 Å². The Hall–Kier alpha value is -0.300. The van der Waals surface area contributed by atoms with E-state index < -0.39 is 0 Å². The van der Waals surface area contributed by atoms with Gasteiger partial charge in [-0.25, -0.2) is 0 Å². The van der Waals surface area contributed by atoms with Gasteiger partial charge < -0.3 is 0 Å². The minimum Gasteiger partial charge on any atom is -0.281 e. The summed E-state index contributed by atoms with van der Waals surface area (Å²) in [5.41, 5.74) is 0. The monoisotopic (exact) mass is 184 g/mol. The van der Waals surface area contributed by atoms with Crippen LogP contribution >= 0.6 is 11.6 Å². The van der Waals surface area contributed by atoms with Crippen LogP contribution in [0.1, 0.15) is 25.7 Å². The van der Waals surface area contributed by atoms with E-state index in [0.29, 0.717) is 11.8 Å². The molecule has 1 saturated carbocycles. The first-order valence-corrected chi connectivity index (χ1v) is 5.03. The summed E-state index contributed by atoms with van der Waals surface area (Å²) in [7, 11) is 0. The molecular formula is C10H13ClO. The van der Waals surface area contributed by atoms with Crippen LogP contribution in [0.15, 0.2) is 12.2 Å². The van der Waals surface area contributed by atoms with Crippen LogP contribution in [0.3, 0.4) is 0 Å². The minimum atomic E-state index is -0.105. The molecule has 2 heteroatoms. The molecule has 2 aliphatic rings. The molecule has 0 amide bonds. The van der Waals surface area contributed by atoms with Gasteiger partial charge in [0, 0.05) is 5.92 Å². The van der Waals surface area contributed by atoms with E-state index >= 15 is 0 Å². The highest BCUT2D eigenvalue weighted by Crippen LogP contribution is 2.53. The maximum absolute atomic E-state index is 10.9. The molecule has 0 aliphatic heterocycles. The van der Waals surface area contributed by atoms with Crippen molar-refractivity contribution in [3.8, 4) is 0 Å². The molecule has 2 unspecified atom stereocenters. The van der Waals surface area contributed by atoms with Gasteiger partial charge in [-0.1, -0.05) is 12.2 Å². The van der Waals surface area contributed by atoms with E-state index in [4.69, 9.17) is 11.6 Å². The molecule has 0 aromatic carbocycles. The zero-order valence-corrected chi connectivity index (χ0v) is 7.76. The highest BCUT2D eigenvalue weighted by atomic mass is 35.5. The van der Waals surface area contributed by atoms with Crippen molar-refractivity contribution in [2.24, 2.45) is 17.8 Å². The summed E-state index contributed by atoms with van der Waals surface area (Å²) in [6.45, 7) is 0. The first-order chi connectivity index (χ1) is 5.80. The molecule has 0 aromatic rings. The molecule has 0 aromatic heterocycles. The third-order valence-electron chi connectivity index (χ3n) is 3.09. The van der Waals surface area contributed by atoms with Gasteiger partial charge in [-0.3, -0.25) is 4.79 Å². The van der Waals surface area contributed by atoms with Crippen molar-refractivity contribution in [1.29, 1.82) is 0 Å². The van der Waals surface area contributed by atoms with Crippen LogP contribution in [0.5, 0.6) is 0 Å². The third kappa shape index (κ3) is 1.42. The quantitative estimate of drug-likeness (QED) is 0.453. The number of hydrogen-bond acceptors (Lipinski definition) is 1. The van der Waals surface area contributed by atoms with Gasteiger partial charge in [-0.2, -0.15) is 0 Å². The zero-order valence-electron chi connectivity index (χ0n) is 7.00. The highest BCUT2D eigenvalue weighted by molar-refractivity contribution is 6.64. The fourth-order valence-electron chi connectivity index (χ4n) is 2.38. The summed E-state index contributed by atoms with van der Waals surface area (Å²) in [6.07, 6.45) is 9.02. The maximum Gasteiger partial charge on any atom is 0.225 e. The average Bonchev–Trinajstić information content (AvgIpc) is 2.60. The number of rotatable bonds is 1. The molecule has 66 valence electrons. The third-order valence-corrected chi connectivity index (χ3v) is 3.35. The predicted octanol–water partition coefficient (Wildman–Crippen LogP) is 2.74. The van der Waals surface area contributed by atoms with Gasteiger partial charge in [-0.15, -0.1) is 0 Å². The molecule has 2 atom stereocenters. The lowest BCUT2D eigenvalue weighted by atomic mass is 10.1. The number of hydrogen-bond donors (Lipinski definition) is 0. The second-order valence-corrected chi connectivity index (χ2v) is 4.16. The Bertz CT molecular complexity index is 206. The van der Waals surface area contributed by atoms with Crippen molar-refractivity contribution in [1.82, 2.24) is 0 Å². The van der Waals surface area contributed by atoms with Gasteiger partial charge in [0.1, 0.15) is 0 Å². The molecule has 2 aliphatic carbocycles. The standard InChI is InChI=1S/C10H13ClO/c11-10(12)9-7-5-3-1-2-4-6-8(7)9/h1-2,7-9H,3-6H2/b2-1-. The maximum atomic E-state index is 10.9.